The summed E-state index contributed by atoms with van der Waals surface area (Å²) >= 11 is 1.25. The lowest BCUT2D eigenvalue weighted by atomic mass is 10.3. The van der Waals surface area contributed by atoms with Crippen molar-refractivity contribution in [2.24, 2.45) is 0 Å². The van der Waals surface area contributed by atoms with Crippen LogP contribution in [0.1, 0.15) is 29.4 Å². The highest BCUT2D eigenvalue weighted by Crippen LogP contribution is 2.31. The highest BCUT2D eigenvalue weighted by molar-refractivity contribution is 7.21. The van der Waals surface area contributed by atoms with Crippen LogP contribution in [0.15, 0.2) is 12.3 Å². The summed E-state index contributed by atoms with van der Waals surface area (Å²) in [6.45, 7) is 3.82. The predicted octanol–water partition coefficient (Wildman–Crippen LogP) is 1.82. The standard InChI is InChI=1S/C13H18N4O2S/c1-2-3-7-19-8-6-15-12(18)11-10(14)9-4-5-16-17-13(9)20-11/h4-5H,2-3,6-8,14H2,1H3,(H,15,18). The molecule has 0 saturated heterocycles. The average Bonchev–Trinajstić information content (AvgIpc) is 2.80. The lowest BCUT2D eigenvalue weighted by Crippen LogP contribution is -2.27. The summed E-state index contributed by atoms with van der Waals surface area (Å²) < 4.78 is 5.38. The lowest BCUT2D eigenvalue weighted by Gasteiger charge is -2.05. The maximum Gasteiger partial charge on any atom is 0.263 e. The predicted molar refractivity (Wildman–Crippen MR) is 79.9 cm³/mol. The monoisotopic (exact) mass is 294 g/mol. The number of rotatable bonds is 7. The summed E-state index contributed by atoms with van der Waals surface area (Å²) in [5.41, 5.74) is 6.42. The van der Waals surface area contributed by atoms with E-state index in [9.17, 15) is 4.79 Å². The number of hydrogen-bond acceptors (Lipinski definition) is 6. The number of carbonyl (C=O) groups excluding carboxylic acids is 1. The largest absolute Gasteiger partial charge is 0.397 e. The van der Waals surface area contributed by atoms with Gasteiger partial charge in [-0.2, -0.15) is 5.10 Å². The molecule has 2 aromatic rings. The molecule has 0 aromatic carbocycles. The Kier molecular flexibility index (Phi) is 5.25. The highest BCUT2D eigenvalue weighted by Gasteiger charge is 2.16. The van der Waals surface area contributed by atoms with Crippen molar-refractivity contribution in [1.82, 2.24) is 15.5 Å². The zero-order valence-corrected chi connectivity index (χ0v) is 12.2. The van der Waals surface area contributed by atoms with Crippen molar-refractivity contribution in [3.8, 4) is 0 Å². The number of ether oxygens (including phenoxy) is 1. The number of fused-ring (bicyclic) bond motifs is 1. The number of amides is 1. The van der Waals surface area contributed by atoms with E-state index in [1.165, 1.54) is 11.3 Å². The van der Waals surface area contributed by atoms with E-state index in [0.29, 0.717) is 28.5 Å². The van der Waals surface area contributed by atoms with Crippen molar-refractivity contribution < 1.29 is 9.53 Å². The van der Waals surface area contributed by atoms with E-state index in [2.05, 4.69) is 22.4 Å². The van der Waals surface area contributed by atoms with Gasteiger partial charge in [0.15, 0.2) is 0 Å². The first-order valence-electron chi connectivity index (χ1n) is 6.59. The quantitative estimate of drug-likeness (QED) is 0.760. The fourth-order valence-corrected chi connectivity index (χ4v) is 2.66. The molecule has 2 rings (SSSR count). The molecule has 0 unspecified atom stereocenters. The Morgan fingerprint density at radius 1 is 1.50 bits per heavy atom. The van der Waals surface area contributed by atoms with Crippen molar-refractivity contribution in [2.45, 2.75) is 19.8 Å². The second kappa shape index (κ2) is 7.16. The summed E-state index contributed by atoms with van der Waals surface area (Å²) in [5.74, 6) is -0.190. The molecule has 0 bridgehead atoms. The highest BCUT2D eigenvalue weighted by atomic mass is 32.1. The van der Waals surface area contributed by atoms with Gasteiger partial charge < -0.3 is 15.8 Å². The second-order valence-electron chi connectivity index (χ2n) is 4.32. The van der Waals surface area contributed by atoms with Crippen molar-refractivity contribution in [2.75, 3.05) is 25.5 Å². The fraction of sp³-hybridized carbons (Fsp3) is 0.462. The van der Waals surface area contributed by atoms with Crippen LogP contribution in [0, 0.1) is 0 Å². The number of hydrogen-bond donors (Lipinski definition) is 2. The number of thiophene rings is 1. The molecule has 0 fully saturated rings. The number of nitrogen functional groups attached to an aromatic ring is 1. The zero-order valence-electron chi connectivity index (χ0n) is 11.4. The summed E-state index contributed by atoms with van der Waals surface area (Å²) in [6.07, 6.45) is 3.70. The molecule has 0 aliphatic heterocycles. The average molecular weight is 294 g/mol. The molecule has 0 atom stereocenters. The molecule has 108 valence electrons. The lowest BCUT2D eigenvalue weighted by molar-refractivity contribution is 0.0917. The molecular formula is C13H18N4O2S. The fourth-order valence-electron chi connectivity index (χ4n) is 1.71. The number of nitrogens with zero attached hydrogens (tertiary/aromatic N) is 2. The molecule has 7 heteroatoms. The van der Waals surface area contributed by atoms with Crippen LogP contribution in [-0.2, 0) is 4.74 Å². The Bertz CT molecular complexity index is 585. The van der Waals surface area contributed by atoms with Gasteiger partial charge in [-0.3, -0.25) is 4.79 Å². The van der Waals surface area contributed by atoms with Crippen LogP contribution in [0.25, 0.3) is 10.2 Å². The SMILES string of the molecule is CCCCOCCNC(=O)c1sc2nnccc2c1N. The maximum atomic E-state index is 12.0. The number of anilines is 1. The van der Waals surface area contributed by atoms with Crippen LogP contribution < -0.4 is 11.1 Å². The van der Waals surface area contributed by atoms with E-state index in [0.717, 1.165) is 24.8 Å². The van der Waals surface area contributed by atoms with E-state index in [4.69, 9.17) is 10.5 Å². The first-order valence-corrected chi connectivity index (χ1v) is 7.41. The Morgan fingerprint density at radius 2 is 2.35 bits per heavy atom. The minimum absolute atomic E-state index is 0.190. The molecular weight excluding hydrogens is 276 g/mol. The van der Waals surface area contributed by atoms with Gasteiger partial charge in [-0.1, -0.05) is 13.3 Å². The second-order valence-corrected chi connectivity index (χ2v) is 5.32. The number of unbranched alkanes of at least 4 members (excludes halogenated alkanes) is 1. The Hall–Kier alpha value is -1.73. The molecule has 2 aromatic heterocycles. The van der Waals surface area contributed by atoms with Crippen LogP contribution in [0.2, 0.25) is 0 Å². The molecule has 0 aliphatic rings. The maximum absolute atomic E-state index is 12.0. The van der Waals surface area contributed by atoms with Gasteiger partial charge in [0.1, 0.15) is 9.71 Å². The number of aromatic nitrogens is 2. The Morgan fingerprint density at radius 3 is 3.10 bits per heavy atom. The first kappa shape index (κ1) is 14.7. The van der Waals surface area contributed by atoms with E-state index < -0.39 is 0 Å². The topological polar surface area (TPSA) is 90.1 Å². The van der Waals surface area contributed by atoms with Gasteiger partial charge in [-0.25, -0.2) is 0 Å². The van der Waals surface area contributed by atoms with Gasteiger partial charge in [0, 0.05) is 18.5 Å². The molecule has 0 aliphatic carbocycles. The summed E-state index contributed by atoms with van der Waals surface area (Å²) in [5, 5.41) is 11.3. The molecule has 0 saturated carbocycles. The third kappa shape index (κ3) is 3.43. The van der Waals surface area contributed by atoms with E-state index in [1.807, 2.05) is 0 Å². The first-order chi connectivity index (χ1) is 9.74. The summed E-state index contributed by atoms with van der Waals surface area (Å²) in [4.78, 5) is 13.2. The third-order valence-electron chi connectivity index (χ3n) is 2.80. The van der Waals surface area contributed by atoms with E-state index in [-0.39, 0.29) is 5.91 Å². The van der Waals surface area contributed by atoms with E-state index >= 15 is 0 Å². The third-order valence-corrected chi connectivity index (χ3v) is 3.91. The van der Waals surface area contributed by atoms with Crippen LogP contribution in [0.3, 0.4) is 0 Å². The van der Waals surface area contributed by atoms with Crippen molar-refractivity contribution in [1.29, 1.82) is 0 Å². The van der Waals surface area contributed by atoms with Gasteiger partial charge in [-0.15, -0.1) is 16.4 Å². The van der Waals surface area contributed by atoms with Crippen LogP contribution >= 0.6 is 11.3 Å². The van der Waals surface area contributed by atoms with E-state index in [1.54, 1.807) is 12.3 Å². The molecule has 3 N–H and O–H groups in total. The van der Waals surface area contributed by atoms with Crippen LogP contribution in [0.4, 0.5) is 5.69 Å². The van der Waals surface area contributed by atoms with Crippen molar-refractivity contribution in [3.05, 3.63) is 17.1 Å². The van der Waals surface area contributed by atoms with Gasteiger partial charge >= 0.3 is 0 Å². The molecule has 0 spiro atoms. The minimum Gasteiger partial charge on any atom is -0.397 e. The smallest absolute Gasteiger partial charge is 0.263 e. The van der Waals surface area contributed by atoms with Gasteiger partial charge in [0.25, 0.3) is 5.91 Å². The molecule has 1 amide bonds. The Balaban J connectivity index is 1.89. The van der Waals surface area contributed by atoms with Gasteiger partial charge in [0.05, 0.1) is 18.5 Å². The summed E-state index contributed by atoms with van der Waals surface area (Å²) in [7, 11) is 0. The normalized spacial score (nSPS) is 10.8. The molecule has 6 nitrogen and oxygen atoms in total. The van der Waals surface area contributed by atoms with Crippen LogP contribution in [-0.4, -0.2) is 35.9 Å². The zero-order chi connectivity index (χ0) is 14.4. The minimum atomic E-state index is -0.190. The van der Waals surface area contributed by atoms with Gasteiger partial charge in [0.2, 0.25) is 0 Å². The molecule has 2 heterocycles. The molecule has 20 heavy (non-hydrogen) atoms. The Labute approximate surface area is 121 Å². The van der Waals surface area contributed by atoms with Crippen LogP contribution in [0.5, 0.6) is 0 Å². The number of nitrogens with two attached hydrogens (primary N) is 1. The van der Waals surface area contributed by atoms with Gasteiger partial charge in [-0.05, 0) is 12.5 Å². The van der Waals surface area contributed by atoms with Crippen molar-refractivity contribution in [3.63, 3.8) is 0 Å². The number of nitrogens with one attached hydrogen (secondary N) is 1. The molecule has 0 radical (unpaired) electrons. The summed E-state index contributed by atoms with van der Waals surface area (Å²) in [6, 6.07) is 1.76. The van der Waals surface area contributed by atoms with Crippen molar-refractivity contribution >= 4 is 33.1 Å². The number of carbonyl (C=O) groups is 1.